The van der Waals surface area contributed by atoms with Crippen molar-refractivity contribution >= 4 is 28.5 Å². The molecule has 1 aliphatic heterocycles. The summed E-state index contributed by atoms with van der Waals surface area (Å²) >= 11 is 6.28. The number of alkyl halides is 1. The molecule has 0 amide bonds. The van der Waals surface area contributed by atoms with Crippen molar-refractivity contribution in [2.24, 2.45) is 0 Å². The number of hydrogen-bond acceptors (Lipinski definition) is 3. The Labute approximate surface area is 141 Å². The molecule has 0 spiro atoms. The highest BCUT2D eigenvalue weighted by atomic mass is 35.5. The number of fused-ring (bicyclic) bond motifs is 3. The zero-order valence-electron chi connectivity index (χ0n) is 14.0. The van der Waals surface area contributed by atoms with Crippen LogP contribution in [0.5, 0.6) is 0 Å². The molecule has 124 valence electrons. The third-order valence-electron chi connectivity index (χ3n) is 4.53. The van der Waals surface area contributed by atoms with Gasteiger partial charge in [0.1, 0.15) is 0 Å². The molecular weight excluding hydrogens is 312 g/mol. The summed E-state index contributed by atoms with van der Waals surface area (Å²) in [5, 5.41) is 4.50. The zero-order chi connectivity index (χ0) is 16.8. The van der Waals surface area contributed by atoms with Gasteiger partial charge in [0.2, 0.25) is 0 Å². The summed E-state index contributed by atoms with van der Waals surface area (Å²) in [7, 11) is 0. The van der Waals surface area contributed by atoms with Gasteiger partial charge in [0.15, 0.2) is 5.54 Å². The molecule has 0 saturated carbocycles. The number of nitrogens with one attached hydrogen (secondary N) is 2. The van der Waals surface area contributed by atoms with Crippen LogP contribution >= 0.6 is 11.6 Å². The maximum Gasteiger partial charge on any atom is 0.334 e. The number of para-hydroxylation sites is 1. The number of aromatic amines is 1. The number of halogens is 1. The first-order valence-electron chi connectivity index (χ1n) is 7.95. The standard InChI is InChI=1S/C18H23ClN2O2/c1-11(2)23-16(22)18(9-19)15-14(17(3,4)10-20-18)12-7-5-6-8-13(12)21-15/h5-8,11,20-21H,9-10H2,1-4H3/t18-/m1/s1. The SMILES string of the molecule is CC(C)OC(=O)[C@]1(CCl)NCC(C)(C)c2c1[nH]c1ccccc21. The number of hydrogen-bond donors (Lipinski definition) is 2. The minimum Gasteiger partial charge on any atom is -0.461 e. The number of carbonyl (C=O) groups is 1. The topological polar surface area (TPSA) is 54.1 Å². The van der Waals surface area contributed by atoms with Gasteiger partial charge >= 0.3 is 5.97 Å². The van der Waals surface area contributed by atoms with Gasteiger partial charge in [0, 0.05) is 22.9 Å². The van der Waals surface area contributed by atoms with Gasteiger partial charge < -0.3 is 9.72 Å². The molecule has 23 heavy (non-hydrogen) atoms. The second-order valence-corrected chi connectivity index (χ2v) is 7.42. The van der Waals surface area contributed by atoms with E-state index < -0.39 is 5.54 Å². The average molecular weight is 335 g/mol. The highest BCUT2D eigenvalue weighted by Gasteiger charge is 2.50. The number of esters is 1. The molecular formula is C18H23ClN2O2. The molecule has 2 heterocycles. The monoisotopic (exact) mass is 334 g/mol. The van der Waals surface area contributed by atoms with E-state index in [1.807, 2.05) is 32.0 Å². The largest absolute Gasteiger partial charge is 0.461 e. The first kappa shape index (κ1) is 16.3. The average Bonchev–Trinajstić information content (AvgIpc) is 2.88. The van der Waals surface area contributed by atoms with E-state index in [9.17, 15) is 4.79 Å². The van der Waals surface area contributed by atoms with Crippen molar-refractivity contribution in [3.63, 3.8) is 0 Å². The number of ether oxygens (including phenoxy) is 1. The Hall–Kier alpha value is -1.52. The Morgan fingerprint density at radius 2 is 2.04 bits per heavy atom. The summed E-state index contributed by atoms with van der Waals surface area (Å²) in [6, 6.07) is 8.12. The van der Waals surface area contributed by atoms with Crippen LogP contribution in [0.3, 0.4) is 0 Å². The van der Waals surface area contributed by atoms with Crippen molar-refractivity contribution < 1.29 is 9.53 Å². The Kier molecular flexibility index (Phi) is 3.93. The number of H-pyrrole nitrogens is 1. The van der Waals surface area contributed by atoms with Crippen molar-refractivity contribution in [3.05, 3.63) is 35.5 Å². The lowest BCUT2D eigenvalue weighted by atomic mass is 9.74. The fraction of sp³-hybridized carbons (Fsp3) is 0.500. The van der Waals surface area contributed by atoms with Gasteiger partial charge in [-0.15, -0.1) is 11.6 Å². The summed E-state index contributed by atoms with van der Waals surface area (Å²) in [4.78, 5) is 16.2. The van der Waals surface area contributed by atoms with Crippen LogP contribution in [0, 0.1) is 0 Å². The van der Waals surface area contributed by atoms with Crippen LogP contribution in [0.2, 0.25) is 0 Å². The molecule has 0 radical (unpaired) electrons. The second-order valence-electron chi connectivity index (χ2n) is 7.15. The third kappa shape index (κ3) is 2.45. The number of benzene rings is 1. The molecule has 2 N–H and O–H groups in total. The summed E-state index contributed by atoms with van der Waals surface area (Å²) < 4.78 is 5.50. The molecule has 4 nitrogen and oxygen atoms in total. The van der Waals surface area contributed by atoms with Gasteiger partial charge in [0.05, 0.1) is 17.7 Å². The summed E-state index contributed by atoms with van der Waals surface area (Å²) in [6.07, 6.45) is -0.188. The lowest BCUT2D eigenvalue weighted by molar-refractivity contribution is -0.155. The smallest absolute Gasteiger partial charge is 0.334 e. The molecule has 1 aromatic carbocycles. The van der Waals surface area contributed by atoms with Gasteiger partial charge in [-0.3, -0.25) is 5.32 Å². The third-order valence-corrected chi connectivity index (χ3v) is 4.93. The van der Waals surface area contributed by atoms with Gasteiger partial charge in [-0.05, 0) is 25.5 Å². The van der Waals surface area contributed by atoms with Crippen molar-refractivity contribution in [2.45, 2.75) is 44.8 Å². The molecule has 3 rings (SSSR count). The first-order chi connectivity index (χ1) is 10.8. The molecule has 1 atom stereocenters. The van der Waals surface area contributed by atoms with E-state index in [0.29, 0.717) is 6.54 Å². The predicted octanol–water partition coefficient (Wildman–Crippen LogP) is 3.43. The van der Waals surface area contributed by atoms with E-state index in [4.69, 9.17) is 16.3 Å². The minimum absolute atomic E-state index is 0.109. The van der Waals surface area contributed by atoms with Crippen LogP contribution in [-0.4, -0.2) is 29.5 Å². The molecule has 2 aromatic rings. The van der Waals surface area contributed by atoms with Crippen LogP contribution in [0.1, 0.15) is 39.0 Å². The van der Waals surface area contributed by atoms with Crippen LogP contribution < -0.4 is 5.32 Å². The van der Waals surface area contributed by atoms with Gasteiger partial charge in [-0.25, -0.2) is 4.79 Å². The molecule has 0 bridgehead atoms. The van der Waals surface area contributed by atoms with Gasteiger partial charge in [-0.1, -0.05) is 32.0 Å². The van der Waals surface area contributed by atoms with Gasteiger partial charge in [0.25, 0.3) is 0 Å². The first-order valence-corrected chi connectivity index (χ1v) is 8.49. The predicted molar refractivity (Wildman–Crippen MR) is 93.0 cm³/mol. The van der Waals surface area contributed by atoms with Crippen LogP contribution in [0.4, 0.5) is 0 Å². The lowest BCUT2D eigenvalue weighted by Crippen LogP contribution is -2.59. The zero-order valence-corrected chi connectivity index (χ0v) is 14.8. The highest BCUT2D eigenvalue weighted by Crippen LogP contribution is 2.43. The summed E-state index contributed by atoms with van der Waals surface area (Å²) in [5.41, 5.74) is 1.85. The summed E-state index contributed by atoms with van der Waals surface area (Å²) in [5.74, 6) is -0.208. The Morgan fingerprint density at radius 1 is 1.35 bits per heavy atom. The Bertz CT molecular complexity index is 751. The van der Waals surface area contributed by atoms with Gasteiger partial charge in [-0.2, -0.15) is 0 Å². The fourth-order valence-corrected chi connectivity index (χ4v) is 3.71. The maximum absolute atomic E-state index is 12.8. The number of carbonyl (C=O) groups excluding carboxylic acids is 1. The Morgan fingerprint density at radius 3 is 2.70 bits per heavy atom. The van der Waals surface area contributed by atoms with E-state index >= 15 is 0 Å². The van der Waals surface area contributed by atoms with Crippen molar-refractivity contribution in [1.82, 2.24) is 10.3 Å². The molecule has 1 aromatic heterocycles. The van der Waals surface area contributed by atoms with E-state index in [1.54, 1.807) is 0 Å². The maximum atomic E-state index is 12.8. The van der Waals surface area contributed by atoms with E-state index in [0.717, 1.165) is 22.2 Å². The van der Waals surface area contributed by atoms with Crippen molar-refractivity contribution in [2.75, 3.05) is 12.4 Å². The molecule has 0 aliphatic carbocycles. The summed E-state index contributed by atoms with van der Waals surface area (Å²) in [6.45, 7) is 8.69. The van der Waals surface area contributed by atoms with E-state index in [1.165, 1.54) is 0 Å². The van der Waals surface area contributed by atoms with Crippen molar-refractivity contribution in [1.29, 1.82) is 0 Å². The molecule has 1 aliphatic rings. The molecule has 0 unspecified atom stereocenters. The van der Waals surface area contributed by atoms with Crippen molar-refractivity contribution in [3.8, 4) is 0 Å². The number of rotatable bonds is 3. The highest BCUT2D eigenvalue weighted by molar-refractivity contribution is 6.20. The van der Waals surface area contributed by atoms with Crippen LogP contribution in [-0.2, 0) is 20.5 Å². The van der Waals surface area contributed by atoms with Crippen LogP contribution in [0.25, 0.3) is 10.9 Å². The second kappa shape index (κ2) is 5.53. The quantitative estimate of drug-likeness (QED) is 0.668. The lowest BCUT2D eigenvalue weighted by Gasteiger charge is -2.42. The molecule has 0 fully saturated rings. The molecule has 0 saturated heterocycles. The molecule has 5 heteroatoms. The van der Waals surface area contributed by atoms with Crippen LogP contribution in [0.15, 0.2) is 24.3 Å². The minimum atomic E-state index is -1.03. The van der Waals surface area contributed by atoms with E-state index in [-0.39, 0.29) is 23.4 Å². The van der Waals surface area contributed by atoms with E-state index in [2.05, 4.69) is 30.2 Å². The normalized spacial score (nSPS) is 23.0. The number of aromatic nitrogens is 1. The fourth-order valence-electron chi connectivity index (χ4n) is 3.37. The Balaban J connectivity index is 2.25.